The number of nitrogens with zero attached hydrogens (tertiary/aromatic N) is 3. The normalized spacial score (nSPS) is 17.6. The van der Waals surface area contributed by atoms with Gasteiger partial charge in [-0.05, 0) is 12.8 Å². The van der Waals surface area contributed by atoms with Crippen LogP contribution in [0.3, 0.4) is 0 Å². The first-order chi connectivity index (χ1) is 7.36. The minimum atomic E-state index is 0.584. The largest absolute Gasteiger partial charge is 0.330 e. The maximum atomic E-state index is 5.13. The first kappa shape index (κ1) is 9.03. The lowest BCUT2D eigenvalue weighted by Gasteiger charge is -2.11. The fraction of sp³-hybridized carbons (Fsp3) is 0.500. The molecule has 0 unspecified atom stereocenters. The summed E-state index contributed by atoms with van der Waals surface area (Å²) in [7, 11) is 0. The van der Waals surface area contributed by atoms with Crippen molar-refractivity contribution in [2.75, 3.05) is 0 Å². The minimum Gasteiger partial charge on any atom is -0.330 e. The topological polar surface area (TPSA) is 46.5 Å². The van der Waals surface area contributed by atoms with Crippen LogP contribution >= 0.6 is 12.2 Å². The maximum absolute atomic E-state index is 5.13. The number of nitrogens with one attached hydrogen (secondary N) is 1. The molecule has 1 aliphatic carbocycles. The van der Waals surface area contributed by atoms with E-state index in [9.17, 15) is 0 Å². The monoisotopic (exact) mass is 220 g/mol. The van der Waals surface area contributed by atoms with Gasteiger partial charge in [0.15, 0.2) is 4.64 Å². The molecule has 0 spiro atoms. The molecule has 0 atom stereocenters. The van der Waals surface area contributed by atoms with Crippen molar-refractivity contribution in [3.63, 3.8) is 0 Å². The van der Waals surface area contributed by atoms with Gasteiger partial charge in [-0.25, -0.2) is 9.97 Å². The van der Waals surface area contributed by atoms with Gasteiger partial charge in [0, 0.05) is 6.04 Å². The minimum absolute atomic E-state index is 0.584. The van der Waals surface area contributed by atoms with E-state index in [4.69, 9.17) is 12.2 Å². The number of fused-ring (bicyclic) bond motifs is 1. The Morgan fingerprint density at radius 1 is 1.33 bits per heavy atom. The van der Waals surface area contributed by atoms with E-state index in [1.165, 1.54) is 25.7 Å². The van der Waals surface area contributed by atoms with E-state index in [0.717, 1.165) is 11.2 Å². The molecule has 1 aliphatic rings. The highest BCUT2D eigenvalue weighted by Gasteiger charge is 2.19. The average molecular weight is 220 g/mol. The average Bonchev–Trinajstić information content (AvgIpc) is 2.85. The molecule has 1 saturated carbocycles. The van der Waals surface area contributed by atoms with Crippen LogP contribution in [0.1, 0.15) is 31.7 Å². The summed E-state index contributed by atoms with van der Waals surface area (Å²) in [6, 6.07) is 0.586. The lowest BCUT2D eigenvalue weighted by Crippen LogP contribution is -2.03. The predicted molar refractivity (Wildman–Crippen MR) is 60.2 cm³/mol. The summed E-state index contributed by atoms with van der Waals surface area (Å²) < 4.78 is 2.79. The van der Waals surface area contributed by atoms with Crippen molar-refractivity contribution in [1.82, 2.24) is 19.5 Å². The third-order valence-corrected chi connectivity index (χ3v) is 3.40. The Bertz CT molecular complexity index is 536. The summed E-state index contributed by atoms with van der Waals surface area (Å²) in [6.45, 7) is 0. The highest BCUT2D eigenvalue weighted by atomic mass is 32.1. The molecule has 2 aromatic rings. The summed E-state index contributed by atoms with van der Waals surface area (Å²) >= 11 is 5.13. The zero-order chi connectivity index (χ0) is 10.3. The van der Waals surface area contributed by atoms with Gasteiger partial charge in [-0.15, -0.1) is 0 Å². The summed E-state index contributed by atoms with van der Waals surface area (Å²) in [5.74, 6) is 0. The van der Waals surface area contributed by atoms with Crippen molar-refractivity contribution >= 4 is 23.4 Å². The van der Waals surface area contributed by atoms with Gasteiger partial charge in [-0.2, -0.15) is 0 Å². The van der Waals surface area contributed by atoms with Crippen LogP contribution in [0.4, 0.5) is 0 Å². The summed E-state index contributed by atoms with van der Waals surface area (Å²) in [6.07, 6.45) is 8.65. The van der Waals surface area contributed by atoms with Gasteiger partial charge in [0.25, 0.3) is 0 Å². The van der Waals surface area contributed by atoms with E-state index < -0.39 is 0 Å². The SMILES string of the molecule is S=c1nc[nH]c2c1ncn2C1CCCC1. The lowest BCUT2D eigenvalue weighted by atomic mass is 10.2. The molecule has 2 aromatic heterocycles. The second-order valence-electron chi connectivity index (χ2n) is 4.00. The van der Waals surface area contributed by atoms with Crippen molar-refractivity contribution in [2.45, 2.75) is 31.7 Å². The van der Waals surface area contributed by atoms with Crippen molar-refractivity contribution in [3.8, 4) is 0 Å². The van der Waals surface area contributed by atoms with Crippen LogP contribution in [0.15, 0.2) is 12.7 Å². The third kappa shape index (κ3) is 1.38. The molecule has 78 valence electrons. The molecule has 2 heterocycles. The molecular weight excluding hydrogens is 208 g/mol. The highest BCUT2D eigenvalue weighted by molar-refractivity contribution is 7.71. The Kier molecular flexibility index (Phi) is 2.05. The summed E-state index contributed by atoms with van der Waals surface area (Å²) in [4.78, 5) is 11.5. The Balaban J connectivity index is 2.19. The molecule has 3 rings (SSSR count). The Labute approximate surface area is 92.4 Å². The van der Waals surface area contributed by atoms with Gasteiger partial charge in [0.2, 0.25) is 0 Å². The van der Waals surface area contributed by atoms with Crippen molar-refractivity contribution in [1.29, 1.82) is 0 Å². The van der Waals surface area contributed by atoms with E-state index in [1.54, 1.807) is 6.33 Å². The fourth-order valence-electron chi connectivity index (χ4n) is 2.33. The van der Waals surface area contributed by atoms with E-state index in [-0.39, 0.29) is 0 Å². The number of H-pyrrole nitrogens is 1. The van der Waals surface area contributed by atoms with Crippen molar-refractivity contribution in [3.05, 3.63) is 17.3 Å². The predicted octanol–water partition coefficient (Wildman–Crippen LogP) is 2.60. The fourth-order valence-corrected chi connectivity index (χ4v) is 2.54. The molecule has 1 fully saturated rings. The smallest absolute Gasteiger partial charge is 0.157 e. The van der Waals surface area contributed by atoms with Gasteiger partial charge in [0.1, 0.15) is 11.2 Å². The van der Waals surface area contributed by atoms with E-state index in [2.05, 4.69) is 19.5 Å². The Morgan fingerprint density at radius 2 is 2.13 bits per heavy atom. The molecule has 5 heteroatoms. The third-order valence-electron chi connectivity index (χ3n) is 3.10. The van der Waals surface area contributed by atoms with Crippen LogP contribution in [0, 0.1) is 4.64 Å². The quantitative estimate of drug-likeness (QED) is 0.751. The van der Waals surface area contributed by atoms with E-state index >= 15 is 0 Å². The lowest BCUT2D eigenvalue weighted by molar-refractivity contribution is 0.529. The van der Waals surface area contributed by atoms with Gasteiger partial charge < -0.3 is 9.55 Å². The first-order valence-corrected chi connectivity index (χ1v) is 5.67. The van der Waals surface area contributed by atoms with E-state index in [0.29, 0.717) is 10.7 Å². The van der Waals surface area contributed by atoms with Gasteiger partial charge in [0.05, 0.1) is 12.7 Å². The molecule has 0 amide bonds. The number of aromatic amines is 1. The molecule has 15 heavy (non-hydrogen) atoms. The Morgan fingerprint density at radius 3 is 2.93 bits per heavy atom. The van der Waals surface area contributed by atoms with Crippen LogP contribution in [0.2, 0.25) is 0 Å². The van der Waals surface area contributed by atoms with Crippen molar-refractivity contribution < 1.29 is 0 Å². The molecule has 1 N–H and O–H groups in total. The Hall–Kier alpha value is -1.23. The number of imidazole rings is 1. The molecule has 0 aromatic carbocycles. The second kappa shape index (κ2) is 3.41. The zero-order valence-corrected chi connectivity index (χ0v) is 9.13. The van der Waals surface area contributed by atoms with Crippen LogP contribution in [-0.2, 0) is 0 Å². The van der Waals surface area contributed by atoms with Gasteiger partial charge in [-0.1, -0.05) is 25.1 Å². The standard InChI is InChI=1S/C10H12N4S/c15-10-8-9(11-5-12-10)14(6-13-8)7-3-1-2-4-7/h5-7H,1-4H2,(H,11,12,15). The maximum Gasteiger partial charge on any atom is 0.157 e. The van der Waals surface area contributed by atoms with Crippen LogP contribution in [-0.4, -0.2) is 19.5 Å². The van der Waals surface area contributed by atoms with Crippen LogP contribution in [0.5, 0.6) is 0 Å². The number of rotatable bonds is 1. The molecule has 0 saturated heterocycles. The molecule has 0 radical (unpaired) electrons. The second-order valence-corrected chi connectivity index (χ2v) is 4.38. The zero-order valence-electron chi connectivity index (χ0n) is 8.31. The number of hydrogen-bond donors (Lipinski definition) is 1. The van der Waals surface area contributed by atoms with E-state index in [1.807, 2.05) is 6.33 Å². The van der Waals surface area contributed by atoms with Gasteiger partial charge in [-0.3, -0.25) is 0 Å². The molecule has 0 aliphatic heterocycles. The molecule has 4 nitrogen and oxygen atoms in total. The first-order valence-electron chi connectivity index (χ1n) is 5.26. The van der Waals surface area contributed by atoms with Crippen LogP contribution in [0.25, 0.3) is 11.2 Å². The molecular formula is C10H12N4S. The summed E-state index contributed by atoms with van der Waals surface area (Å²) in [5.41, 5.74) is 1.83. The van der Waals surface area contributed by atoms with Crippen LogP contribution < -0.4 is 0 Å². The molecule has 0 bridgehead atoms. The number of hydrogen-bond acceptors (Lipinski definition) is 3. The highest BCUT2D eigenvalue weighted by Crippen LogP contribution is 2.31. The number of aromatic nitrogens is 4. The summed E-state index contributed by atoms with van der Waals surface area (Å²) in [5, 5.41) is 0. The van der Waals surface area contributed by atoms with Crippen molar-refractivity contribution in [2.24, 2.45) is 0 Å². The van der Waals surface area contributed by atoms with Gasteiger partial charge >= 0.3 is 0 Å².